The Morgan fingerprint density at radius 3 is 2.48 bits per heavy atom. The normalized spacial score (nSPS) is 10.6. The van der Waals surface area contributed by atoms with Crippen LogP contribution in [-0.2, 0) is 9.59 Å². The van der Waals surface area contributed by atoms with Gasteiger partial charge in [-0.05, 0) is 48.9 Å². The van der Waals surface area contributed by atoms with Crippen LogP contribution in [0.2, 0.25) is 10.0 Å². The maximum Gasteiger partial charge on any atom is 0.249 e. The molecule has 2 aromatic rings. The Morgan fingerprint density at radius 1 is 1.07 bits per heavy atom. The molecule has 2 rings (SSSR count). The van der Waals surface area contributed by atoms with Crippen molar-refractivity contribution < 1.29 is 14.3 Å². The average molecular weight is 408 g/mol. The largest absolute Gasteiger partial charge is 0.493 e. The molecular weight excluding hydrogens is 389 g/mol. The lowest BCUT2D eigenvalue weighted by molar-refractivity contribution is -0.126. The van der Waals surface area contributed by atoms with Crippen LogP contribution in [0.1, 0.15) is 25.3 Å². The molecule has 0 aliphatic heterocycles. The highest BCUT2D eigenvalue weighted by Crippen LogP contribution is 2.21. The minimum Gasteiger partial charge on any atom is -0.493 e. The number of carbonyl (C=O) groups is 2. The van der Waals surface area contributed by atoms with E-state index in [1.807, 2.05) is 6.92 Å². The first-order valence-electron chi connectivity index (χ1n) is 8.27. The third-order valence-corrected chi connectivity index (χ3v) is 3.76. The summed E-state index contributed by atoms with van der Waals surface area (Å²) in [6.45, 7) is 2.55. The van der Waals surface area contributed by atoms with Gasteiger partial charge in [0.25, 0.3) is 0 Å². The maximum atomic E-state index is 11.9. The zero-order valence-electron chi connectivity index (χ0n) is 14.7. The molecule has 0 aliphatic rings. The lowest BCUT2D eigenvalue weighted by Crippen LogP contribution is -2.24. The number of amides is 2. The maximum absolute atomic E-state index is 11.9. The van der Waals surface area contributed by atoms with E-state index in [2.05, 4.69) is 15.8 Å². The topological polar surface area (TPSA) is 79.8 Å². The van der Waals surface area contributed by atoms with Gasteiger partial charge >= 0.3 is 0 Å². The van der Waals surface area contributed by atoms with Gasteiger partial charge < -0.3 is 10.1 Å². The molecule has 0 spiro atoms. The Labute approximate surface area is 167 Å². The molecule has 2 amide bonds. The molecule has 0 saturated carbocycles. The van der Waals surface area contributed by atoms with Gasteiger partial charge in [-0.25, -0.2) is 5.43 Å². The number of halogens is 2. The van der Waals surface area contributed by atoms with Crippen LogP contribution >= 0.6 is 23.2 Å². The molecule has 0 bridgehead atoms. The number of nitrogens with zero attached hydrogens (tertiary/aromatic N) is 1. The number of hydrogen-bond donors (Lipinski definition) is 2. The van der Waals surface area contributed by atoms with E-state index in [1.165, 1.54) is 6.21 Å². The van der Waals surface area contributed by atoms with Gasteiger partial charge in [0.2, 0.25) is 11.8 Å². The smallest absolute Gasteiger partial charge is 0.249 e. The van der Waals surface area contributed by atoms with Gasteiger partial charge in [-0.2, -0.15) is 5.10 Å². The number of benzene rings is 2. The molecular formula is C19H19Cl2N3O3. The van der Waals surface area contributed by atoms with Crippen LogP contribution in [0.3, 0.4) is 0 Å². The van der Waals surface area contributed by atoms with Crippen molar-refractivity contribution >= 4 is 46.9 Å². The SMILES string of the molecule is CCCOc1ccc(Cl)cc1C=NNC(=O)CC(=O)Nc1ccc(Cl)cc1. The lowest BCUT2D eigenvalue weighted by Gasteiger charge is -2.08. The quantitative estimate of drug-likeness (QED) is 0.389. The summed E-state index contributed by atoms with van der Waals surface area (Å²) in [5.41, 5.74) is 3.49. The van der Waals surface area contributed by atoms with Crippen LogP contribution in [0.15, 0.2) is 47.6 Å². The van der Waals surface area contributed by atoms with Crippen molar-refractivity contribution in [2.24, 2.45) is 5.10 Å². The number of nitrogens with one attached hydrogen (secondary N) is 2. The van der Waals surface area contributed by atoms with E-state index in [4.69, 9.17) is 27.9 Å². The van der Waals surface area contributed by atoms with Gasteiger partial charge in [-0.15, -0.1) is 0 Å². The van der Waals surface area contributed by atoms with Crippen molar-refractivity contribution in [1.29, 1.82) is 0 Å². The minimum atomic E-state index is -0.546. The summed E-state index contributed by atoms with van der Waals surface area (Å²) in [5, 5.41) is 7.54. The molecule has 8 heteroatoms. The fraction of sp³-hybridized carbons (Fsp3) is 0.211. The summed E-state index contributed by atoms with van der Waals surface area (Å²) in [5.74, 6) is -0.393. The first-order chi connectivity index (χ1) is 13.0. The molecule has 0 radical (unpaired) electrons. The van der Waals surface area contributed by atoms with Gasteiger partial charge in [0.05, 0.1) is 12.8 Å². The van der Waals surface area contributed by atoms with Gasteiger partial charge in [0.15, 0.2) is 0 Å². The van der Waals surface area contributed by atoms with Crippen LogP contribution in [-0.4, -0.2) is 24.6 Å². The van der Waals surface area contributed by atoms with Crippen molar-refractivity contribution in [3.05, 3.63) is 58.1 Å². The highest BCUT2D eigenvalue weighted by Gasteiger charge is 2.09. The second-order valence-electron chi connectivity index (χ2n) is 5.56. The second kappa shape index (κ2) is 10.5. The zero-order valence-corrected chi connectivity index (χ0v) is 16.2. The molecule has 27 heavy (non-hydrogen) atoms. The van der Waals surface area contributed by atoms with Gasteiger partial charge in [0, 0.05) is 21.3 Å². The standard InChI is InChI=1S/C19H19Cl2N3O3/c1-2-9-27-17-8-5-15(21)10-13(17)12-22-24-19(26)11-18(25)23-16-6-3-14(20)4-7-16/h3-8,10,12H,2,9,11H2,1H3,(H,23,25)(H,24,26). The van der Waals surface area contributed by atoms with E-state index in [-0.39, 0.29) is 6.42 Å². The Hall–Kier alpha value is -2.57. The Balaban J connectivity index is 1.88. The summed E-state index contributed by atoms with van der Waals surface area (Å²) in [4.78, 5) is 23.7. The fourth-order valence-corrected chi connectivity index (χ4v) is 2.37. The van der Waals surface area contributed by atoms with E-state index in [9.17, 15) is 9.59 Å². The molecule has 142 valence electrons. The predicted molar refractivity (Wildman–Crippen MR) is 108 cm³/mol. The molecule has 0 saturated heterocycles. The fourth-order valence-electron chi connectivity index (χ4n) is 2.06. The van der Waals surface area contributed by atoms with Crippen molar-refractivity contribution in [1.82, 2.24) is 5.43 Å². The highest BCUT2D eigenvalue weighted by atomic mass is 35.5. The van der Waals surface area contributed by atoms with E-state index in [0.29, 0.717) is 33.7 Å². The van der Waals surface area contributed by atoms with E-state index >= 15 is 0 Å². The Bertz CT molecular complexity index is 823. The van der Waals surface area contributed by atoms with Crippen LogP contribution in [0, 0.1) is 0 Å². The predicted octanol–water partition coefficient (Wildman–Crippen LogP) is 4.26. The minimum absolute atomic E-state index is 0.366. The van der Waals surface area contributed by atoms with Crippen molar-refractivity contribution in [3.63, 3.8) is 0 Å². The number of ether oxygens (including phenoxy) is 1. The number of carbonyl (C=O) groups excluding carboxylic acids is 2. The van der Waals surface area contributed by atoms with Crippen molar-refractivity contribution in [3.8, 4) is 5.75 Å². The molecule has 0 heterocycles. The van der Waals surface area contributed by atoms with Crippen molar-refractivity contribution in [2.45, 2.75) is 19.8 Å². The Kier molecular flexibility index (Phi) is 8.10. The van der Waals surface area contributed by atoms with Gasteiger partial charge in [0.1, 0.15) is 12.2 Å². The Morgan fingerprint density at radius 2 is 1.78 bits per heavy atom. The molecule has 2 aromatic carbocycles. The second-order valence-corrected chi connectivity index (χ2v) is 6.43. The third-order valence-electron chi connectivity index (χ3n) is 3.28. The molecule has 0 unspecified atom stereocenters. The van der Waals surface area contributed by atoms with Crippen LogP contribution < -0.4 is 15.5 Å². The third kappa shape index (κ3) is 7.29. The van der Waals surface area contributed by atoms with Crippen LogP contribution in [0.4, 0.5) is 5.69 Å². The molecule has 0 fully saturated rings. The van der Waals surface area contributed by atoms with Crippen molar-refractivity contribution in [2.75, 3.05) is 11.9 Å². The summed E-state index contributed by atoms with van der Waals surface area (Å²) in [6, 6.07) is 11.7. The highest BCUT2D eigenvalue weighted by molar-refractivity contribution is 6.31. The number of hydrogen-bond acceptors (Lipinski definition) is 4. The molecule has 0 aromatic heterocycles. The number of anilines is 1. The first kappa shape index (κ1) is 20.7. The van der Waals surface area contributed by atoms with Crippen LogP contribution in [0.25, 0.3) is 0 Å². The average Bonchev–Trinajstić information content (AvgIpc) is 2.63. The lowest BCUT2D eigenvalue weighted by atomic mass is 10.2. The molecule has 2 N–H and O–H groups in total. The molecule has 6 nitrogen and oxygen atoms in total. The van der Waals surface area contributed by atoms with E-state index in [0.717, 1.165) is 6.42 Å². The molecule has 0 aliphatic carbocycles. The van der Waals surface area contributed by atoms with E-state index in [1.54, 1.807) is 42.5 Å². The summed E-state index contributed by atoms with van der Waals surface area (Å²) in [7, 11) is 0. The van der Waals surface area contributed by atoms with Crippen LogP contribution in [0.5, 0.6) is 5.75 Å². The zero-order chi connectivity index (χ0) is 19.6. The van der Waals surface area contributed by atoms with Gasteiger partial charge in [-0.1, -0.05) is 30.1 Å². The monoisotopic (exact) mass is 407 g/mol. The first-order valence-corrected chi connectivity index (χ1v) is 9.03. The molecule has 0 atom stereocenters. The number of rotatable bonds is 8. The van der Waals surface area contributed by atoms with Gasteiger partial charge in [-0.3, -0.25) is 9.59 Å². The summed E-state index contributed by atoms with van der Waals surface area (Å²) < 4.78 is 5.60. The summed E-state index contributed by atoms with van der Waals surface area (Å²) in [6.07, 6.45) is 1.92. The number of hydrazone groups is 1. The summed E-state index contributed by atoms with van der Waals surface area (Å²) >= 11 is 11.8. The van der Waals surface area contributed by atoms with E-state index < -0.39 is 11.8 Å².